The average Bonchev–Trinajstić information content (AvgIpc) is 3.52. The average molecular weight is 736 g/mol. The Kier molecular flexibility index (Phi) is 14.5. The number of likely N-dealkylation sites (tertiary alicyclic amines) is 1. The Morgan fingerprint density at radius 1 is 0.843 bits per heavy atom. The lowest BCUT2D eigenvalue weighted by Crippen LogP contribution is -2.55. The van der Waals surface area contributed by atoms with Crippen LogP contribution in [0.5, 0.6) is 5.75 Å². The number of phenols is 1. The Labute approximate surface area is 292 Å². The van der Waals surface area contributed by atoms with Crippen molar-refractivity contribution in [1.82, 2.24) is 14.9 Å². The number of carbonyl (C=O) groups is 4. The number of rotatable bonds is 14. The first-order valence-corrected chi connectivity index (χ1v) is 17.4. The normalized spacial score (nSPS) is 16.2. The van der Waals surface area contributed by atoms with Gasteiger partial charge < -0.3 is 31.9 Å². The highest BCUT2D eigenvalue weighted by Gasteiger charge is 2.38. The van der Waals surface area contributed by atoms with E-state index in [1.54, 1.807) is 60.7 Å². The number of amides is 3. The molecule has 51 heavy (non-hydrogen) atoms. The molecule has 0 radical (unpaired) electrons. The van der Waals surface area contributed by atoms with Crippen LogP contribution in [0.4, 0.5) is 13.2 Å². The van der Waals surface area contributed by atoms with Crippen molar-refractivity contribution in [3.8, 4) is 5.75 Å². The van der Waals surface area contributed by atoms with Crippen LogP contribution in [0, 0.1) is 0 Å². The fraction of sp³-hybridized carbons (Fsp3) is 0.353. The van der Waals surface area contributed by atoms with Crippen molar-refractivity contribution in [3.63, 3.8) is 0 Å². The minimum Gasteiger partial charge on any atom is -0.508 e. The van der Waals surface area contributed by atoms with E-state index in [9.17, 15) is 41.1 Å². The summed E-state index contributed by atoms with van der Waals surface area (Å²) in [5.74, 6) is -4.86. The van der Waals surface area contributed by atoms with E-state index in [2.05, 4.69) is 10.0 Å². The number of nitrogens with one attached hydrogen (secondary N) is 2. The lowest BCUT2D eigenvalue weighted by atomic mass is 10.0. The number of carboxylic acids is 1. The number of alkyl halides is 3. The van der Waals surface area contributed by atoms with Crippen LogP contribution in [0.25, 0.3) is 0 Å². The number of nitrogens with zero attached hydrogens (tertiary/aromatic N) is 1. The molecule has 3 aromatic rings. The molecule has 1 aliphatic heterocycles. The summed E-state index contributed by atoms with van der Waals surface area (Å²) in [7, 11) is -4.09. The smallest absolute Gasteiger partial charge is 0.490 e. The molecule has 1 heterocycles. The van der Waals surface area contributed by atoms with E-state index < -0.39 is 63.9 Å². The van der Waals surface area contributed by atoms with Gasteiger partial charge in [0.05, 0.1) is 11.8 Å². The highest BCUT2D eigenvalue weighted by molar-refractivity contribution is 7.89. The number of aromatic hydroxyl groups is 1. The molecule has 276 valence electrons. The maximum Gasteiger partial charge on any atom is 0.490 e. The van der Waals surface area contributed by atoms with Gasteiger partial charge in [-0.25, -0.2) is 17.9 Å². The van der Waals surface area contributed by atoms with Crippen molar-refractivity contribution in [2.75, 3.05) is 12.3 Å². The number of primary amides is 1. The monoisotopic (exact) mass is 735 g/mol. The van der Waals surface area contributed by atoms with E-state index in [4.69, 9.17) is 21.4 Å². The van der Waals surface area contributed by atoms with Crippen molar-refractivity contribution >= 4 is 33.7 Å². The molecule has 13 nitrogen and oxygen atoms in total. The summed E-state index contributed by atoms with van der Waals surface area (Å²) >= 11 is 0. The zero-order valence-corrected chi connectivity index (χ0v) is 28.1. The molecule has 1 aliphatic rings. The summed E-state index contributed by atoms with van der Waals surface area (Å²) in [5.41, 5.74) is 14.1. The molecule has 3 aromatic carbocycles. The van der Waals surface area contributed by atoms with E-state index >= 15 is 0 Å². The van der Waals surface area contributed by atoms with Gasteiger partial charge in [-0.3, -0.25) is 14.4 Å². The number of halogens is 3. The van der Waals surface area contributed by atoms with Crippen LogP contribution in [-0.4, -0.2) is 89.9 Å². The summed E-state index contributed by atoms with van der Waals surface area (Å²) < 4.78 is 61.2. The van der Waals surface area contributed by atoms with Gasteiger partial charge >= 0.3 is 12.1 Å². The first-order chi connectivity index (χ1) is 23.9. The van der Waals surface area contributed by atoms with Crippen molar-refractivity contribution in [1.29, 1.82) is 0 Å². The van der Waals surface area contributed by atoms with Gasteiger partial charge in [-0.2, -0.15) is 13.2 Å². The lowest BCUT2D eigenvalue weighted by molar-refractivity contribution is -0.192. The van der Waals surface area contributed by atoms with Crippen LogP contribution in [0.1, 0.15) is 29.5 Å². The molecule has 8 N–H and O–H groups in total. The van der Waals surface area contributed by atoms with E-state index in [0.717, 1.165) is 11.1 Å². The fourth-order valence-corrected chi connectivity index (χ4v) is 6.96. The Bertz CT molecular complexity index is 1730. The highest BCUT2D eigenvalue weighted by atomic mass is 32.2. The van der Waals surface area contributed by atoms with Crippen molar-refractivity contribution in [3.05, 3.63) is 102 Å². The number of phenolic OH excluding ortho intramolecular Hbond substituents is 1. The van der Waals surface area contributed by atoms with Crippen LogP contribution in [-0.2, 0) is 48.5 Å². The molecule has 0 aromatic heterocycles. The second kappa shape index (κ2) is 18.3. The largest absolute Gasteiger partial charge is 0.508 e. The Morgan fingerprint density at radius 3 is 1.82 bits per heavy atom. The maximum atomic E-state index is 13.5. The van der Waals surface area contributed by atoms with Gasteiger partial charge in [-0.15, -0.1) is 0 Å². The second-order valence-electron chi connectivity index (χ2n) is 11.9. The van der Waals surface area contributed by atoms with Crippen LogP contribution in [0.3, 0.4) is 0 Å². The molecule has 0 unspecified atom stereocenters. The van der Waals surface area contributed by atoms with Gasteiger partial charge in [-0.05, 0) is 54.5 Å². The van der Waals surface area contributed by atoms with Gasteiger partial charge in [0.2, 0.25) is 27.7 Å². The molecule has 4 atom stereocenters. The third-order valence-corrected chi connectivity index (χ3v) is 9.35. The quantitative estimate of drug-likeness (QED) is 0.141. The van der Waals surface area contributed by atoms with Gasteiger partial charge in [0, 0.05) is 19.0 Å². The van der Waals surface area contributed by atoms with E-state index in [1.807, 2.05) is 12.1 Å². The van der Waals surface area contributed by atoms with Crippen LogP contribution >= 0.6 is 0 Å². The number of aliphatic carboxylic acids is 1. The van der Waals surface area contributed by atoms with E-state index in [-0.39, 0.29) is 30.9 Å². The number of hydrogen-bond acceptors (Lipinski definition) is 8. The Balaban J connectivity index is 0.000000908. The maximum absolute atomic E-state index is 13.5. The van der Waals surface area contributed by atoms with Crippen molar-refractivity contribution in [2.45, 2.75) is 62.4 Å². The number of hydrogen-bond donors (Lipinski definition) is 6. The van der Waals surface area contributed by atoms with Crippen LogP contribution in [0.2, 0.25) is 0 Å². The zero-order valence-electron chi connectivity index (χ0n) is 27.3. The van der Waals surface area contributed by atoms with Gasteiger partial charge in [0.1, 0.15) is 17.8 Å². The van der Waals surface area contributed by atoms with Gasteiger partial charge in [0.15, 0.2) is 0 Å². The molecule has 0 bridgehead atoms. The molecule has 0 saturated carbocycles. The van der Waals surface area contributed by atoms with Crippen LogP contribution in [0.15, 0.2) is 84.9 Å². The first-order valence-electron chi connectivity index (χ1n) is 15.8. The number of benzene rings is 3. The minimum atomic E-state index is -5.08. The Morgan fingerprint density at radius 2 is 1.33 bits per heavy atom. The predicted molar refractivity (Wildman–Crippen MR) is 180 cm³/mol. The van der Waals surface area contributed by atoms with Crippen molar-refractivity contribution in [2.24, 2.45) is 11.5 Å². The summed E-state index contributed by atoms with van der Waals surface area (Å²) in [6.07, 6.45) is -3.58. The van der Waals surface area contributed by atoms with Crippen LogP contribution < -0.4 is 21.5 Å². The number of sulfonamides is 1. The molecule has 1 saturated heterocycles. The Hall–Kier alpha value is -5.00. The topological polar surface area (TPSA) is 222 Å². The third kappa shape index (κ3) is 13.3. The zero-order chi connectivity index (χ0) is 37.8. The molecule has 4 rings (SSSR count). The third-order valence-electron chi connectivity index (χ3n) is 7.89. The fourth-order valence-electron chi connectivity index (χ4n) is 5.39. The molecule has 0 aliphatic carbocycles. The molecular weight excluding hydrogens is 695 g/mol. The van der Waals surface area contributed by atoms with E-state index in [0.29, 0.717) is 24.9 Å². The standard InChI is InChI=1S/C32H39N5O6S.C2HF3O2/c33-27(18-24-13-15-26(38)16-14-24)32(41)37-17-7-12-25(37)21-44(42,43)36-29(20-23-10-5-2-6-11-23)31(40)35-28(30(34)39)19-22-8-3-1-4-9-22;3-2(4,5)1(6)7/h1-6,8-11,13-16,25,27-29,36,38H,7,12,17-21,33H2,(H2,34,39)(H,35,40);(H,6,7)/t25-,27-,28-,29-;/m0./s1. The molecule has 0 spiro atoms. The molecule has 1 fully saturated rings. The molecular formula is C34H40F3N5O8S. The molecule has 17 heteroatoms. The summed E-state index contributed by atoms with van der Waals surface area (Å²) in [6, 6.07) is 20.6. The van der Waals surface area contributed by atoms with Gasteiger partial charge in [-0.1, -0.05) is 72.8 Å². The summed E-state index contributed by atoms with van der Waals surface area (Å²) in [6.45, 7) is 0.371. The second-order valence-corrected chi connectivity index (χ2v) is 13.7. The SMILES string of the molecule is NC(=O)[C@H](Cc1ccccc1)NC(=O)[C@H](Cc1ccccc1)NS(=O)(=O)C[C@@H]1CCCN1C(=O)[C@@H](N)Cc1ccc(O)cc1.O=C(O)C(F)(F)F. The van der Waals surface area contributed by atoms with Crippen molar-refractivity contribution < 1.29 is 51.0 Å². The highest BCUT2D eigenvalue weighted by Crippen LogP contribution is 2.21. The van der Waals surface area contributed by atoms with E-state index in [1.165, 1.54) is 17.0 Å². The summed E-state index contributed by atoms with van der Waals surface area (Å²) in [4.78, 5) is 49.4. The first kappa shape index (κ1) is 40.4. The number of carboxylic acid groups (broad SMARTS) is 1. The minimum absolute atomic E-state index is 0.0353. The molecule has 3 amide bonds. The predicted octanol–water partition coefficient (Wildman–Crippen LogP) is 1.63. The van der Waals surface area contributed by atoms with Gasteiger partial charge in [0.25, 0.3) is 0 Å². The lowest BCUT2D eigenvalue weighted by Gasteiger charge is -2.28. The number of carbonyl (C=O) groups excluding carboxylic acids is 3. The number of nitrogens with two attached hydrogens (primary N) is 2. The summed E-state index contributed by atoms with van der Waals surface area (Å²) in [5, 5.41) is 19.3.